The summed E-state index contributed by atoms with van der Waals surface area (Å²) < 4.78 is 2.90. The highest BCUT2D eigenvalue weighted by Crippen LogP contribution is 2.36. The van der Waals surface area contributed by atoms with E-state index in [1.807, 2.05) is 40.8 Å². The first-order chi connectivity index (χ1) is 11.7. The minimum atomic E-state index is -0.720. The maximum absolute atomic E-state index is 11.7. The van der Waals surface area contributed by atoms with E-state index in [1.165, 1.54) is 11.3 Å². The number of halogens is 1. The van der Waals surface area contributed by atoms with Crippen LogP contribution < -0.4 is 5.32 Å². The number of imidazole rings is 1. The first-order valence-electron chi connectivity index (χ1n) is 7.09. The number of fused-ring (bicyclic) bond motifs is 3. The molecular formula is C17H10ClN3O2S. The van der Waals surface area contributed by atoms with E-state index in [4.69, 9.17) is 11.6 Å². The number of hydrogen-bond donors (Lipinski definition) is 1. The van der Waals surface area contributed by atoms with E-state index in [2.05, 4.69) is 10.3 Å². The molecule has 0 unspecified atom stereocenters. The predicted octanol–water partition coefficient (Wildman–Crippen LogP) is 4.01. The van der Waals surface area contributed by atoms with Crippen LogP contribution in [0.15, 0.2) is 48.5 Å². The number of amides is 1. The molecular weight excluding hydrogens is 346 g/mol. The second-order valence-corrected chi connectivity index (χ2v) is 6.56. The summed E-state index contributed by atoms with van der Waals surface area (Å²) in [6.45, 7) is 0. The SMILES string of the molecule is O=CC(=O)Nc1c(-c2ccc(Cl)cc2)nc2sc3ccccc3n12. The van der Waals surface area contributed by atoms with Crippen LogP contribution in [0.2, 0.25) is 5.02 Å². The van der Waals surface area contributed by atoms with Crippen molar-refractivity contribution in [2.24, 2.45) is 0 Å². The van der Waals surface area contributed by atoms with Crippen LogP contribution in [-0.2, 0) is 9.59 Å². The van der Waals surface area contributed by atoms with Crippen LogP contribution in [0.5, 0.6) is 0 Å². The number of carbonyl (C=O) groups excluding carboxylic acids is 2. The van der Waals surface area contributed by atoms with Gasteiger partial charge in [0, 0.05) is 10.6 Å². The zero-order valence-corrected chi connectivity index (χ0v) is 13.8. The number of benzene rings is 2. The van der Waals surface area contributed by atoms with Crippen molar-refractivity contribution in [2.45, 2.75) is 0 Å². The quantitative estimate of drug-likeness (QED) is 0.446. The van der Waals surface area contributed by atoms with E-state index < -0.39 is 5.91 Å². The Labute approximate surface area is 145 Å². The number of aldehydes is 1. The Bertz CT molecular complexity index is 1080. The number of hydrogen-bond acceptors (Lipinski definition) is 4. The molecule has 0 saturated carbocycles. The fraction of sp³-hybridized carbons (Fsp3) is 0. The summed E-state index contributed by atoms with van der Waals surface area (Å²) in [4.78, 5) is 27.9. The molecule has 2 heterocycles. The summed E-state index contributed by atoms with van der Waals surface area (Å²) in [6, 6.07) is 15.0. The van der Waals surface area contributed by atoms with E-state index in [1.54, 1.807) is 12.1 Å². The highest BCUT2D eigenvalue weighted by atomic mass is 35.5. The number of nitrogens with one attached hydrogen (secondary N) is 1. The molecule has 7 heteroatoms. The molecule has 2 aromatic heterocycles. The molecule has 0 saturated heterocycles. The summed E-state index contributed by atoms with van der Waals surface area (Å²) >= 11 is 7.46. The first kappa shape index (κ1) is 14.9. The van der Waals surface area contributed by atoms with Gasteiger partial charge in [-0.2, -0.15) is 0 Å². The second kappa shape index (κ2) is 5.74. The molecule has 0 aliphatic heterocycles. The number of thiazole rings is 1. The highest BCUT2D eigenvalue weighted by molar-refractivity contribution is 7.23. The lowest BCUT2D eigenvalue weighted by Gasteiger charge is -2.05. The minimum absolute atomic E-state index is 0.250. The third-order valence-corrected chi connectivity index (χ3v) is 4.89. The van der Waals surface area contributed by atoms with E-state index in [0.29, 0.717) is 16.5 Å². The lowest BCUT2D eigenvalue weighted by atomic mass is 10.1. The standard InChI is InChI=1S/C17H10ClN3O2S/c18-11-7-5-10(6-8-11)15-16(19-14(23)9-22)21-12-3-1-2-4-13(12)24-17(21)20-15/h1-9H,(H,19,23). The van der Waals surface area contributed by atoms with Gasteiger partial charge in [0.05, 0.1) is 10.2 Å². The predicted molar refractivity (Wildman–Crippen MR) is 95.7 cm³/mol. The van der Waals surface area contributed by atoms with Gasteiger partial charge in [-0.25, -0.2) is 4.98 Å². The van der Waals surface area contributed by atoms with Gasteiger partial charge in [0.1, 0.15) is 11.5 Å². The van der Waals surface area contributed by atoms with Crippen molar-refractivity contribution in [2.75, 3.05) is 5.32 Å². The minimum Gasteiger partial charge on any atom is -0.303 e. The van der Waals surface area contributed by atoms with Crippen LogP contribution in [-0.4, -0.2) is 21.6 Å². The average molecular weight is 356 g/mol. The molecule has 0 bridgehead atoms. The van der Waals surface area contributed by atoms with Crippen molar-refractivity contribution in [1.82, 2.24) is 9.38 Å². The summed E-state index contributed by atoms with van der Waals surface area (Å²) in [6.07, 6.45) is 0.250. The van der Waals surface area contributed by atoms with Gasteiger partial charge < -0.3 is 5.32 Å². The number of aromatic nitrogens is 2. The number of rotatable bonds is 3. The molecule has 0 fully saturated rings. The number of para-hydroxylation sites is 1. The van der Waals surface area contributed by atoms with Crippen LogP contribution in [0.4, 0.5) is 5.82 Å². The largest absolute Gasteiger partial charge is 0.303 e. The second-order valence-electron chi connectivity index (χ2n) is 5.11. The third kappa shape index (κ3) is 2.36. The third-order valence-electron chi connectivity index (χ3n) is 3.62. The van der Waals surface area contributed by atoms with Gasteiger partial charge >= 0.3 is 0 Å². The fourth-order valence-corrected chi connectivity index (χ4v) is 3.74. The molecule has 1 N–H and O–H groups in total. The van der Waals surface area contributed by atoms with Crippen LogP contribution in [0.25, 0.3) is 26.4 Å². The molecule has 24 heavy (non-hydrogen) atoms. The van der Waals surface area contributed by atoms with Gasteiger partial charge in [0.15, 0.2) is 4.96 Å². The van der Waals surface area contributed by atoms with Crippen molar-refractivity contribution in [3.8, 4) is 11.3 Å². The highest BCUT2D eigenvalue weighted by Gasteiger charge is 2.19. The Morgan fingerprint density at radius 3 is 2.67 bits per heavy atom. The molecule has 4 aromatic rings. The number of carbonyl (C=O) groups is 2. The van der Waals surface area contributed by atoms with E-state index >= 15 is 0 Å². The molecule has 2 aromatic carbocycles. The average Bonchev–Trinajstić information content (AvgIpc) is 3.12. The van der Waals surface area contributed by atoms with Crippen LogP contribution >= 0.6 is 22.9 Å². The van der Waals surface area contributed by atoms with Gasteiger partial charge in [-0.15, -0.1) is 0 Å². The molecule has 1 amide bonds. The Morgan fingerprint density at radius 2 is 1.92 bits per heavy atom. The van der Waals surface area contributed by atoms with Crippen molar-refractivity contribution in [3.05, 3.63) is 53.6 Å². The van der Waals surface area contributed by atoms with Crippen molar-refractivity contribution >= 4 is 56.1 Å². The lowest BCUT2D eigenvalue weighted by Crippen LogP contribution is -2.14. The maximum atomic E-state index is 11.7. The summed E-state index contributed by atoms with van der Waals surface area (Å²) in [5, 5.41) is 3.26. The maximum Gasteiger partial charge on any atom is 0.289 e. The number of anilines is 1. The summed E-state index contributed by atoms with van der Waals surface area (Å²) in [7, 11) is 0. The van der Waals surface area contributed by atoms with E-state index in [-0.39, 0.29) is 6.29 Å². The molecule has 0 aliphatic carbocycles. The molecule has 0 radical (unpaired) electrons. The van der Waals surface area contributed by atoms with Gasteiger partial charge in [-0.3, -0.25) is 14.0 Å². The Hall–Kier alpha value is -2.70. The van der Waals surface area contributed by atoms with E-state index in [9.17, 15) is 9.59 Å². The van der Waals surface area contributed by atoms with Crippen molar-refractivity contribution in [3.63, 3.8) is 0 Å². The molecule has 0 atom stereocenters. The molecule has 118 valence electrons. The van der Waals surface area contributed by atoms with Crippen molar-refractivity contribution in [1.29, 1.82) is 0 Å². The Morgan fingerprint density at radius 1 is 1.17 bits per heavy atom. The Balaban J connectivity index is 2.01. The van der Waals surface area contributed by atoms with E-state index in [0.717, 1.165) is 20.7 Å². The Kier molecular flexibility index (Phi) is 3.55. The van der Waals surface area contributed by atoms with Crippen molar-refractivity contribution < 1.29 is 9.59 Å². The summed E-state index contributed by atoms with van der Waals surface area (Å²) in [5.41, 5.74) is 2.32. The van der Waals surface area contributed by atoms with Crippen LogP contribution in [0, 0.1) is 0 Å². The first-order valence-corrected chi connectivity index (χ1v) is 8.29. The zero-order chi connectivity index (χ0) is 16.7. The fourth-order valence-electron chi connectivity index (χ4n) is 2.59. The van der Waals surface area contributed by atoms with Crippen LogP contribution in [0.3, 0.4) is 0 Å². The molecule has 0 spiro atoms. The van der Waals surface area contributed by atoms with Crippen LogP contribution in [0.1, 0.15) is 0 Å². The van der Waals surface area contributed by atoms with Gasteiger partial charge in [-0.1, -0.05) is 47.2 Å². The summed E-state index contributed by atoms with van der Waals surface area (Å²) in [5.74, 6) is -0.246. The topological polar surface area (TPSA) is 63.5 Å². The molecule has 4 rings (SSSR count). The monoisotopic (exact) mass is 355 g/mol. The molecule has 5 nitrogen and oxygen atoms in total. The normalized spacial score (nSPS) is 11.0. The number of nitrogens with zero attached hydrogens (tertiary/aromatic N) is 2. The lowest BCUT2D eigenvalue weighted by molar-refractivity contribution is -0.127. The molecule has 0 aliphatic rings. The van der Waals surface area contributed by atoms with Gasteiger partial charge in [0.25, 0.3) is 5.91 Å². The smallest absolute Gasteiger partial charge is 0.289 e. The van der Waals surface area contributed by atoms with Gasteiger partial charge in [0.2, 0.25) is 6.29 Å². The zero-order valence-electron chi connectivity index (χ0n) is 12.2. The van der Waals surface area contributed by atoms with Gasteiger partial charge in [-0.05, 0) is 24.3 Å².